The van der Waals surface area contributed by atoms with Crippen LogP contribution < -0.4 is 21.9 Å². The molecule has 12 nitrogen and oxygen atoms in total. The van der Waals surface area contributed by atoms with Gasteiger partial charge >= 0.3 is 0 Å². The van der Waals surface area contributed by atoms with Crippen LogP contribution in [0.2, 0.25) is 0 Å². The number of H-pyrrole nitrogens is 1. The molecule has 0 aliphatic carbocycles. The SMILES string of the molecule is Cn1ncc(-c2noc(CCC(=O)NCCCNc3n[nH]c(=O)c4ccccc34)n2)c1N. The van der Waals surface area contributed by atoms with E-state index in [9.17, 15) is 9.59 Å². The van der Waals surface area contributed by atoms with Gasteiger partial charge in [-0.15, -0.1) is 0 Å². The number of hydrogen-bond acceptors (Lipinski definition) is 9. The second-order valence-corrected chi connectivity index (χ2v) is 7.16. The van der Waals surface area contributed by atoms with Crippen molar-refractivity contribution >= 4 is 28.3 Å². The van der Waals surface area contributed by atoms with E-state index in [1.165, 1.54) is 4.68 Å². The van der Waals surface area contributed by atoms with Gasteiger partial charge in [0.1, 0.15) is 5.82 Å². The Balaban J connectivity index is 1.19. The smallest absolute Gasteiger partial charge is 0.272 e. The lowest BCUT2D eigenvalue weighted by atomic mass is 10.2. The van der Waals surface area contributed by atoms with Crippen LogP contribution in [0, 0.1) is 0 Å². The van der Waals surface area contributed by atoms with E-state index in [-0.39, 0.29) is 17.9 Å². The zero-order chi connectivity index (χ0) is 22.5. The summed E-state index contributed by atoms with van der Waals surface area (Å²) in [6, 6.07) is 7.25. The monoisotopic (exact) mass is 437 g/mol. The Morgan fingerprint density at radius 2 is 2.06 bits per heavy atom. The number of carbonyl (C=O) groups excluding carboxylic acids is 1. The number of nitrogens with two attached hydrogens (primary N) is 1. The molecule has 0 unspecified atom stereocenters. The summed E-state index contributed by atoms with van der Waals surface area (Å²) in [7, 11) is 1.72. The van der Waals surface area contributed by atoms with Gasteiger partial charge in [0.05, 0.1) is 17.1 Å². The van der Waals surface area contributed by atoms with Crippen molar-refractivity contribution in [3.05, 3.63) is 46.7 Å². The third-order valence-corrected chi connectivity index (χ3v) is 4.92. The van der Waals surface area contributed by atoms with Gasteiger partial charge in [-0.05, 0) is 12.5 Å². The van der Waals surface area contributed by atoms with Crippen LogP contribution >= 0.6 is 0 Å². The number of hydrogen-bond donors (Lipinski definition) is 4. The number of nitrogens with zero attached hydrogens (tertiary/aromatic N) is 5. The van der Waals surface area contributed by atoms with Crippen molar-refractivity contribution in [1.29, 1.82) is 0 Å². The van der Waals surface area contributed by atoms with Crippen LogP contribution in [0.4, 0.5) is 11.6 Å². The minimum absolute atomic E-state index is 0.113. The Labute approximate surface area is 182 Å². The summed E-state index contributed by atoms with van der Waals surface area (Å²) in [4.78, 5) is 28.2. The molecule has 0 saturated carbocycles. The predicted octanol–water partition coefficient (Wildman–Crippen LogP) is 0.840. The first-order valence-corrected chi connectivity index (χ1v) is 10.1. The Kier molecular flexibility index (Phi) is 6.10. The highest BCUT2D eigenvalue weighted by molar-refractivity contribution is 5.90. The molecule has 1 aromatic carbocycles. The van der Waals surface area contributed by atoms with Gasteiger partial charge in [-0.3, -0.25) is 14.3 Å². The summed E-state index contributed by atoms with van der Waals surface area (Å²) in [6.07, 6.45) is 2.80. The molecule has 0 spiro atoms. The summed E-state index contributed by atoms with van der Waals surface area (Å²) in [5.74, 6) is 1.64. The van der Waals surface area contributed by atoms with Crippen LogP contribution in [-0.2, 0) is 18.3 Å². The Bertz CT molecular complexity index is 1290. The second kappa shape index (κ2) is 9.29. The molecular formula is C20H23N9O3. The molecule has 0 radical (unpaired) electrons. The van der Waals surface area contributed by atoms with Gasteiger partial charge in [-0.2, -0.15) is 15.2 Å². The largest absolute Gasteiger partial charge is 0.383 e. The number of nitrogen functional groups attached to an aromatic ring is 1. The molecular weight excluding hydrogens is 414 g/mol. The van der Waals surface area contributed by atoms with Crippen LogP contribution in [0.1, 0.15) is 18.7 Å². The highest BCUT2D eigenvalue weighted by Crippen LogP contribution is 2.22. The van der Waals surface area contributed by atoms with Crippen LogP contribution in [0.3, 0.4) is 0 Å². The number of aromatic nitrogens is 6. The zero-order valence-corrected chi connectivity index (χ0v) is 17.5. The van der Waals surface area contributed by atoms with E-state index in [0.717, 1.165) is 5.39 Å². The average molecular weight is 437 g/mol. The fraction of sp³-hybridized carbons (Fsp3) is 0.300. The quantitative estimate of drug-likeness (QED) is 0.277. The van der Waals surface area contributed by atoms with Crippen LogP contribution in [0.15, 0.2) is 39.8 Å². The minimum Gasteiger partial charge on any atom is -0.383 e. The predicted molar refractivity (Wildman–Crippen MR) is 118 cm³/mol. The number of aromatic amines is 1. The van der Waals surface area contributed by atoms with Crippen molar-refractivity contribution in [3.8, 4) is 11.4 Å². The minimum atomic E-state index is -0.226. The van der Waals surface area contributed by atoms with Gasteiger partial charge < -0.3 is 20.9 Å². The molecule has 0 aliphatic rings. The lowest BCUT2D eigenvalue weighted by Crippen LogP contribution is -2.26. The summed E-state index contributed by atoms with van der Waals surface area (Å²) in [5.41, 5.74) is 6.27. The molecule has 166 valence electrons. The molecule has 0 fully saturated rings. The van der Waals surface area contributed by atoms with E-state index >= 15 is 0 Å². The first-order valence-electron chi connectivity index (χ1n) is 10.1. The molecule has 0 saturated heterocycles. The highest BCUT2D eigenvalue weighted by atomic mass is 16.5. The van der Waals surface area contributed by atoms with Crippen molar-refractivity contribution in [2.75, 3.05) is 24.1 Å². The van der Waals surface area contributed by atoms with Crippen molar-refractivity contribution in [2.45, 2.75) is 19.3 Å². The van der Waals surface area contributed by atoms with Gasteiger partial charge in [-0.25, -0.2) is 5.10 Å². The van der Waals surface area contributed by atoms with E-state index in [4.69, 9.17) is 10.3 Å². The number of fused-ring (bicyclic) bond motifs is 1. The molecule has 1 amide bonds. The number of amides is 1. The Morgan fingerprint density at radius 3 is 2.84 bits per heavy atom. The Morgan fingerprint density at radius 1 is 1.25 bits per heavy atom. The summed E-state index contributed by atoms with van der Waals surface area (Å²) < 4.78 is 6.71. The standard InChI is InChI=1S/C20H23N9O3/c1-29-17(21)14(11-24-29)19-25-16(32-28-19)8-7-15(30)22-9-4-10-23-18-12-5-2-3-6-13(12)20(31)27-26-18/h2-3,5-6,11H,4,7-10,21H2,1H3,(H,22,30)(H,23,26)(H,27,31). The van der Waals surface area contributed by atoms with Crippen molar-refractivity contribution in [3.63, 3.8) is 0 Å². The molecule has 0 atom stereocenters. The third-order valence-electron chi connectivity index (χ3n) is 4.92. The van der Waals surface area contributed by atoms with E-state index < -0.39 is 0 Å². The maximum absolute atomic E-state index is 12.1. The molecule has 32 heavy (non-hydrogen) atoms. The van der Waals surface area contributed by atoms with Crippen molar-refractivity contribution in [1.82, 2.24) is 35.4 Å². The molecule has 12 heteroatoms. The van der Waals surface area contributed by atoms with Crippen molar-refractivity contribution in [2.24, 2.45) is 7.05 Å². The highest BCUT2D eigenvalue weighted by Gasteiger charge is 2.15. The van der Waals surface area contributed by atoms with Gasteiger partial charge in [0.15, 0.2) is 5.82 Å². The lowest BCUT2D eigenvalue weighted by Gasteiger charge is -2.08. The molecule has 3 aromatic heterocycles. The number of rotatable bonds is 9. The van der Waals surface area contributed by atoms with Crippen LogP contribution in [0.25, 0.3) is 22.2 Å². The van der Waals surface area contributed by atoms with E-state index in [2.05, 4.69) is 36.1 Å². The number of anilines is 2. The zero-order valence-electron chi connectivity index (χ0n) is 17.5. The first kappa shape index (κ1) is 21.0. The number of nitrogens with one attached hydrogen (secondary N) is 3. The molecule has 4 rings (SSSR count). The first-order chi connectivity index (χ1) is 15.5. The third kappa shape index (κ3) is 4.58. The van der Waals surface area contributed by atoms with Gasteiger partial charge in [-0.1, -0.05) is 23.4 Å². The molecule has 0 bridgehead atoms. The summed E-state index contributed by atoms with van der Waals surface area (Å²) >= 11 is 0. The van der Waals surface area contributed by atoms with E-state index in [1.807, 2.05) is 12.1 Å². The van der Waals surface area contributed by atoms with Crippen LogP contribution in [0.5, 0.6) is 0 Å². The maximum atomic E-state index is 12.1. The normalized spacial score (nSPS) is 11.0. The summed E-state index contributed by atoms with van der Waals surface area (Å²) in [6.45, 7) is 1.08. The topological polar surface area (TPSA) is 170 Å². The fourth-order valence-corrected chi connectivity index (χ4v) is 3.17. The fourth-order valence-electron chi connectivity index (χ4n) is 3.17. The Hall–Kier alpha value is -4.22. The van der Waals surface area contributed by atoms with Gasteiger partial charge in [0.25, 0.3) is 5.56 Å². The molecule has 0 aliphatic heterocycles. The molecule has 4 aromatic rings. The number of carbonyl (C=O) groups is 1. The second-order valence-electron chi connectivity index (χ2n) is 7.16. The number of aryl methyl sites for hydroxylation is 2. The molecule has 3 heterocycles. The average Bonchev–Trinajstić information content (AvgIpc) is 3.40. The number of benzene rings is 1. The van der Waals surface area contributed by atoms with E-state index in [0.29, 0.717) is 60.2 Å². The van der Waals surface area contributed by atoms with Gasteiger partial charge in [0.2, 0.25) is 17.6 Å². The maximum Gasteiger partial charge on any atom is 0.272 e. The molecule has 5 N–H and O–H groups in total. The van der Waals surface area contributed by atoms with Crippen molar-refractivity contribution < 1.29 is 9.32 Å². The van der Waals surface area contributed by atoms with Crippen LogP contribution in [-0.4, -0.2) is 49.1 Å². The van der Waals surface area contributed by atoms with Gasteiger partial charge in [0, 0.05) is 38.4 Å². The summed E-state index contributed by atoms with van der Waals surface area (Å²) in [5, 5.41) is 21.9. The van der Waals surface area contributed by atoms with E-state index in [1.54, 1.807) is 25.4 Å². The lowest BCUT2D eigenvalue weighted by molar-refractivity contribution is -0.121.